The summed E-state index contributed by atoms with van der Waals surface area (Å²) in [6, 6.07) is 23.7. The van der Waals surface area contributed by atoms with E-state index in [1.54, 1.807) is 24.3 Å². The number of carbonyl (C=O) groups excluding carboxylic acids is 1. The summed E-state index contributed by atoms with van der Waals surface area (Å²) in [7, 11) is -3.73. The number of carbonyl (C=O) groups is 1. The molecule has 1 amide bonds. The molecular formula is C33H34Cl2N4O4S. The highest BCUT2D eigenvalue weighted by atomic mass is 35.5. The van der Waals surface area contributed by atoms with Gasteiger partial charge in [0.15, 0.2) is 5.82 Å². The molecule has 230 valence electrons. The van der Waals surface area contributed by atoms with E-state index in [4.69, 9.17) is 33.2 Å². The summed E-state index contributed by atoms with van der Waals surface area (Å²) in [5.41, 5.74) is 4.55. The maximum absolute atomic E-state index is 12.3. The molecule has 3 aromatic carbocycles. The normalized spacial score (nSPS) is 14.7. The summed E-state index contributed by atoms with van der Waals surface area (Å²) in [6.45, 7) is 1.11. The molecule has 11 heteroatoms. The van der Waals surface area contributed by atoms with Gasteiger partial charge in [0.25, 0.3) is 0 Å². The molecule has 1 atom stereocenters. The smallest absolute Gasteiger partial charge is 0.239 e. The average Bonchev–Trinajstić information content (AvgIpc) is 2.99. The molecule has 4 aromatic rings. The molecule has 1 aliphatic rings. The monoisotopic (exact) mass is 652 g/mol. The molecule has 1 aliphatic heterocycles. The van der Waals surface area contributed by atoms with Crippen molar-refractivity contribution in [1.29, 1.82) is 0 Å². The number of benzene rings is 3. The summed E-state index contributed by atoms with van der Waals surface area (Å²) < 4.78 is 26.8. The minimum Gasteiger partial charge on any atom is -0.391 e. The molecule has 0 saturated heterocycles. The van der Waals surface area contributed by atoms with Crippen molar-refractivity contribution in [2.45, 2.75) is 50.4 Å². The van der Waals surface area contributed by atoms with Crippen molar-refractivity contribution < 1.29 is 18.3 Å². The SMILES string of the molecule is O=C(CCCCCCN1CC(O)Cc2nc(-c3ccc(Cl)cc3)c(-c3ccc(Cl)cc3)nc21)NS(=O)(=O)Cc1ccccc1. The Hall–Kier alpha value is -3.50. The van der Waals surface area contributed by atoms with Crippen LogP contribution in [0.15, 0.2) is 78.9 Å². The average molecular weight is 654 g/mol. The second-order valence-electron chi connectivity index (χ2n) is 10.9. The number of aliphatic hydroxyl groups is 1. The molecule has 0 fully saturated rings. The van der Waals surface area contributed by atoms with Gasteiger partial charge in [0.2, 0.25) is 15.9 Å². The van der Waals surface area contributed by atoms with E-state index < -0.39 is 22.0 Å². The minimum atomic E-state index is -3.73. The van der Waals surface area contributed by atoms with E-state index in [1.165, 1.54) is 0 Å². The third-order valence-electron chi connectivity index (χ3n) is 7.39. The van der Waals surface area contributed by atoms with E-state index in [9.17, 15) is 18.3 Å². The van der Waals surface area contributed by atoms with Gasteiger partial charge in [0, 0.05) is 47.1 Å². The molecule has 0 aliphatic carbocycles. The summed E-state index contributed by atoms with van der Waals surface area (Å²) in [5.74, 6) is 0.0310. The fourth-order valence-corrected chi connectivity index (χ4v) is 6.70. The van der Waals surface area contributed by atoms with Crippen LogP contribution >= 0.6 is 23.2 Å². The number of nitrogens with one attached hydrogen (secondary N) is 1. The van der Waals surface area contributed by atoms with Gasteiger partial charge in [-0.15, -0.1) is 0 Å². The first-order chi connectivity index (χ1) is 21.2. The third-order valence-corrected chi connectivity index (χ3v) is 9.15. The Morgan fingerprint density at radius 3 is 2.07 bits per heavy atom. The van der Waals surface area contributed by atoms with Crippen LogP contribution in [0.3, 0.4) is 0 Å². The highest BCUT2D eigenvalue weighted by Gasteiger charge is 2.28. The molecule has 1 unspecified atom stereocenters. The Morgan fingerprint density at radius 1 is 0.841 bits per heavy atom. The van der Waals surface area contributed by atoms with Crippen molar-refractivity contribution in [2.24, 2.45) is 0 Å². The van der Waals surface area contributed by atoms with Gasteiger partial charge in [-0.25, -0.2) is 18.4 Å². The lowest BCUT2D eigenvalue weighted by Crippen LogP contribution is -2.40. The molecule has 0 saturated carbocycles. The second kappa shape index (κ2) is 14.5. The Labute approximate surface area is 268 Å². The third kappa shape index (κ3) is 8.57. The standard InChI is InChI=1S/C33H34Cl2N4O4S/c34-26-15-11-24(12-16-26)31-32(25-13-17-27(35)18-14-25)37-33-29(36-31)20-28(40)21-39(33)19-7-2-1-6-10-30(41)38-44(42,43)22-23-8-4-3-5-9-23/h3-5,8-9,11-18,28,40H,1-2,6-7,10,19-22H2,(H,38,41). The number of halogens is 2. The van der Waals surface area contributed by atoms with Crippen LogP contribution in [0.2, 0.25) is 10.0 Å². The fourth-order valence-electron chi connectivity index (χ4n) is 5.29. The lowest BCUT2D eigenvalue weighted by atomic mass is 10.0. The van der Waals surface area contributed by atoms with E-state index in [1.807, 2.05) is 54.6 Å². The minimum absolute atomic E-state index is 0.142. The maximum atomic E-state index is 12.3. The van der Waals surface area contributed by atoms with Crippen LogP contribution in [0.4, 0.5) is 5.82 Å². The zero-order chi connectivity index (χ0) is 31.1. The number of anilines is 1. The van der Waals surface area contributed by atoms with E-state index in [-0.39, 0.29) is 12.2 Å². The molecule has 2 heterocycles. The van der Waals surface area contributed by atoms with Gasteiger partial charge in [0.1, 0.15) is 0 Å². The number of hydrogen-bond acceptors (Lipinski definition) is 7. The van der Waals surface area contributed by atoms with Gasteiger partial charge in [-0.1, -0.05) is 90.6 Å². The molecule has 0 radical (unpaired) electrons. The van der Waals surface area contributed by atoms with Crippen LogP contribution in [0, 0.1) is 0 Å². The number of sulfonamides is 1. The van der Waals surface area contributed by atoms with Gasteiger partial charge in [0.05, 0.1) is 28.9 Å². The van der Waals surface area contributed by atoms with Crippen LogP contribution in [0.1, 0.15) is 43.4 Å². The lowest BCUT2D eigenvalue weighted by molar-refractivity contribution is -0.119. The number of fused-ring (bicyclic) bond motifs is 1. The van der Waals surface area contributed by atoms with Gasteiger partial charge >= 0.3 is 0 Å². The Morgan fingerprint density at radius 2 is 1.43 bits per heavy atom. The van der Waals surface area contributed by atoms with E-state index in [0.717, 1.165) is 47.6 Å². The Kier molecular flexibility index (Phi) is 10.5. The van der Waals surface area contributed by atoms with Crippen LogP contribution in [-0.2, 0) is 27.0 Å². The zero-order valence-corrected chi connectivity index (χ0v) is 26.5. The van der Waals surface area contributed by atoms with E-state index in [0.29, 0.717) is 47.2 Å². The summed E-state index contributed by atoms with van der Waals surface area (Å²) >= 11 is 12.3. The van der Waals surface area contributed by atoms with E-state index >= 15 is 0 Å². The van der Waals surface area contributed by atoms with Crippen molar-refractivity contribution in [1.82, 2.24) is 14.7 Å². The summed E-state index contributed by atoms with van der Waals surface area (Å²) in [6.07, 6.45) is 2.98. The van der Waals surface area contributed by atoms with Crippen molar-refractivity contribution in [3.63, 3.8) is 0 Å². The van der Waals surface area contributed by atoms with Gasteiger partial charge in [-0.3, -0.25) is 9.52 Å². The van der Waals surface area contributed by atoms with Crippen molar-refractivity contribution >= 4 is 45.0 Å². The van der Waals surface area contributed by atoms with Crippen LogP contribution in [0.25, 0.3) is 22.5 Å². The van der Waals surface area contributed by atoms with Crippen molar-refractivity contribution in [3.8, 4) is 22.5 Å². The number of aliphatic hydroxyl groups excluding tert-OH is 1. The molecule has 8 nitrogen and oxygen atoms in total. The molecule has 2 N–H and O–H groups in total. The van der Waals surface area contributed by atoms with Gasteiger partial charge in [-0.05, 0) is 42.7 Å². The van der Waals surface area contributed by atoms with Crippen molar-refractivity contribution in [3.05, 3.63) is 100 Å². The number of nitrogens with zero attached hydrogens (tertiary/aromatic N) is 3. The second-order valence-corrected chi connectivity index (χ2v) is 13.5. The topological polar surface area (TPSA) is 112 Å². The van der Waals surface area contributed by atoms with Gasteiger partial charge in [-0.2, -0.15) is 0 Å². The maximum Gasteiger partial charge on any atom is 0.239 e. The van der Waals surface area contributed by atoms with Gasteiger partial charge < -0.3 is 10.0 Å². The number of aromatic nitrogens is 2. The Balaban J connectivity index is 1.21. The summed E-state index contributed by atoms with van der Waals surface area (Å²) in [4.78, 5) is 24.4. The predicted octanol–water partition coefficient (Wildman–Crippen LogP) is 6.44. The number of unbranched alkanes of at least 4 members (excludes halogenated alkanes) is 3. The van der Waals surface area contributed by atoms with E-state index in [2.05, 4.69) is 9.62 Å². The summed E-state index contributed by atoms with van der Waals surface area (Å²) in [5, 5.41) is 12.0. The van der Waals surface area contributed by atoms with Crippen molar-refractivity contribution in [2.75, 3.05) is 18.0 Å². The molecular weight excluding hydrogens is 619 g/mol. The first-order valence-corrected chi connectivity index (χ1v) is 17.0. The largest absolute Gasteiger partial charge is 0.391 e. The predicted molar refractivity (Wildman–Crippen MR) is 175 cm³/mol. The number of hydrogen-bond donors (Lipinski definition) is 2. The van der Waals surface area contributed by atoms with Crippen LogP contribution in [-0.4, -0.2) is 48.6 Å². The molecule has 1 aromatic heterocycles. The first-order valence-electron chi connectivity index (χ1n) is 14.6. The molecule has 0 bridgehead atoms. The highest BCUT2D eigenvalue weighted by Crippen LogP contribution is 2.35. The zero-order valence-electron chi connectivity index (χ0n) is 24.1. The number of β-amino-alcohol motifs (C(OH)–C–C–N with tert-alkyl or cyclic N) is 1. The van der Waals surface area contributed by atoms with Crippen LogP contribution in [0.5, 0.6) is 0 Å². The molecule has 5 rings (SSSR count). The lowest BCUT2D eigenvalue weighted by Gasteiger charge is -2.33. The number of amides is 1. The Bertz CT molecular complexity index is 1690. The number of rotatable bonds is 12. The molecule has 0 spiro atoms. The molecule has 44 heavy (non-hydrogen) atoms. The first kappa shape index (κ1) is 31.9. The fraction of sp³-hybridized carbons (Fsp3) is 0.303. The highest BCUT2D eigenvalue weighted by molar-refractivity contribution is 7.89. The van der Waals surface area contributed by atoms with Crippen LogP contribution < -0.4 is 9.62 Å². The quantitative estimate of drug-likeness (QED) is 0.169.